The van der Waals surface area contributed by atoms with Crippen LogP contribution < -0.4 is 0 Å². The Kier molecular flexibility index (Phi) is 2.74. The van der Waals surface area contributed by atoms with Crippen molar-refractivity contribution in [2.45, 2.75) is 5.88 Å². The van der Waals surface area contributed by atoms with Gasteiger partial charge in [-0.1, -0.05) is 0 Å². The summed E-state index contributed by atoms with van der Waals surface area (Å²) in [7, 11) is 0. The van der Waals surface area contributed by atoms with E-state index in [1.165, 1.54) is 23.6 Å². The summed E-state index contributed by atoms with van der Waals surface area (Å²) in [6, 6.07) is 2.97. The number of rotatable bonds is 2. The van der Waals surface area contributed by atoms with Crippen molar-refractivity contribution in [3.63, 3.8) is 0 Å². The molecule has 0 aliphatic carbocycles. The fraction of sp³-hybridized carbons (Fsp3) is 0.111. The van der Waals surface area contributed by atoms with Crippen LogP contribution >= 0.6 is 22.9 Å². The van der Waals surface area contributed by atoms with Crippen molar-refractivity contribution in [3.8, 4) is 10.7 Å². The van der Waals surface area contributed by atoms with E-state index in [1.54, 1.807) is 6.07 Å². The first-order valence-corrected chi connectivity index (χ1v) is 5.33. The van der Waals surface area contributed by atoms with Gasteiger partial charge in [-0.05, 0) is 12.1 Å². The topological polar surface area (TPSA) is 25.8 Å². The summed E-state index contributed by atoms with van der Waals surface area (Å²) < 4.78 is 12.6. The lowest BCUT2D eigenvalue weighted by Gasteiger charge is -1.93. The molecular weight excluding hydrogens is 223 g/mol. The first kappa shape index (κ1) is 9.55. The van der Waals surface area contributed by atoms with Crippen molar-refractivity contribution in [1.82, 2.24) is 9.97 Å². The monoisotopic (exact) mass is 228 g/mol. The predicted molar refractivity (Wildman–Crippen MR) is 54.9 cm³/mol. The van der Waals surface area contributed by atoms with Gasteiger partial charge >= 0.3 is 0 Å². The van der Waals surface area contributed by atoms with Gasteiger partial charge in [0.25, 0.3) is 0 Å². The van der Waals surface area contributed by atoms with E-state index in [0.717, 1.165) is 10.7 Å². The van der Waals surface area contributed by atoms with Gasteiger partial charge in [-0.25, -0.2) is 9.37 Å². The smallest absolute Gasteiger partial charge is 0.142 e. The number of hydrogen-bond acceptors (Lipinski definition) is 3. The number of thiazole rings is 1. The molecule has 0 fully saturated rings. The van der Waals surface area contributed by atoms with Gasteiger partial charge in [-0.15, -0.1) is 22.9 Å². The van der Waals surface area contributed by atoms with Crippen molar-refractivity contribution in [2.24, 2.45) is 0 Å². The highest BCUT2D eigenvalue weighted by Crippen LogP contribution is 2.22. The molecule has 0 amide bonds. The Bertz CT molecular complexity index is 427. The molecule has 2 aromatic heterocycles. The molecule has 0 saturated carbocycles. The van der Waals surface area contributed by atoms with Crippen LogP contribution in [0.5, 0.6) is 0 Å². The van der Waals surface area contributed by atoms with Crippen LogP contribution in [-0.2, 0) is 5.88 Å². The lowest BCUT2D eigenvalue weighted by Crippen LogP contribution is -1.84. The van der Waals surface area contributed by atoms with E-state index >= 15 is 0 Å². The fourth-order valence-corrected chi connectivity index (χ4v) is 2.01. The molecule has 5 heteroatoms. The molecule has 72 valence electrons. The average molecular weight is 229 g/mol. The maximum atomic E-state index is 12.6. The molecule has 0 radical (unpaired) electrons. The van der Waals surface area contributed by atoms with Crippen LogP contribution in [0.3, 0.4) is 0 Å². The highest BCUT2D eigenvalue weighted by Gasteiger charge is 2.04. The number of hydrogen-bond donors (Lipinski definition) is 0. The fourth-order valence-electron chi connectivity index (χ4n) is 0.988. The molecule has 2 rings (SSSR count). The number of nitrogens with zero attached hydrogens (tertiary/aromatic N) is 2. The average Bonchev–Trinajstić information content (AvgIpc) is 2.67. The Hall–Kier alpha value is -1.00. The first-order chi connectivity index (χ1) is 6.79. The van der Waals surface area contributed by atoms with Gasteiger partial charge in [0, 0.05) is 5.38 Å². The van der Waals surface area contributed by atoms with Crippen molar-refractivity contribution in [3.05, 3.63) is 35.2 Å². The second kappa shape index (κ2) is 4.02. The van der Waals surface area contributed by atoms with E-state index in [0.29, 0.717) is 11.6 Å². The van der Waals surface area contributed by atoms with E-state index < -0.39 is 0 Å². The lowest BCUT2D eigenvalue weighted by molar-refractivity contribution is 0.622. The van der Waals surface area contributed by atoms with Crippen LogP contribution in [0.1, 0.15) is 5.69 Å². The zero-order chi connectivity index (χ0) is 9.97. The maximum absolute atomic E-state index is 12.6. The summed E-state index contributed by atoms with van der Waals surface area (Å²) in [5, 5.41) is 2.63. The van der Waals surface area contributed by atoms with Crippen LogP contribution in [0.4, 0.5) is 4.39 Å². The Labute approximate surface area is 89.4 Å². The van der Waals surface area contributed by atoms with Gasteiger partial charge in [-0.2, -0.15) is 0 Å². The summed E-state index contributed by atoms with van der Waals surface area (Å²) in [5.41, 5.74) is 1.49. The Morgan fingerprint density at radius 1 is 1.43 bits per heavy atom. The second-order valence-corrected chi connectivity index (χ2v) is 3.76. The minimum atomic E-state index is -0.345. The van der Waals surface area contributed by atoms with Crippen molar-refractivity contribution in [2.75, 3.05) is 0 Å². The van der Waals surface area contributed by atoms with Gasteiger partial charge in [0.1, 0.15) is 10.8 Å². The van der Waals surface area contributed by atoms with Crippen LogP contribution in [-0.4, -0.2) is 9.97 Å². The third kappa shape index (κ3) is 1.91. The zero-order valence-electron chi connectivity index (χ0n) is 7.08. The standard InChI is InChI=1S/C9H6ClFN2S/c10-3-7-5-14-9(13-7)8-2-1-6(11)4-12-8/h1-2,4-5H,3H2. The minimum Gasteiger partial charge on any atom is -0.251 e. The van der Waals surface area contributed by atoms with E-state index in [9.17, 15) is 4.39 Å². The highest BCUT2D eigenvalue weighted by molar-refractivity contribution is 7.13. The van der Waals surface area contributed by atoms with Gasteiger partial charge in [0.2, 0.25) is 0 Å². The van der Waals surface area contributed by atoms with Gasteiger partial charge in [0.05, 0.1) is 23.5 Å². The van der Waals surface area contributed by atoms with Crippen molar-refractivity contribution >= 4 is 22.9 Å². The van der Waals surface area contributed by atoms with Gasteiger partial charge in [-0.3, -0.25) is 4.98 Å². The van der Waals surface area contributed by atoms with E-state index in [-0.39, 0.29) is 5.82 Å². The predicted octanol–water partition coefficient (Wildman–Crippen LogP) is 3.08. The molecule has 0 aliphatic heterocycles. The van der Waals surface area contributed by atoms with Crippen molar-refractivity contribution < 1.29 is 4.39 Å². The second-order valence-electron chi connectivity index (χ2n) is 2.64. The van der Waals surface area contributed by atoms with Crippen LogP contribution in [0.25, 0.3) is 10.7 Å². The quantitative estimate of drug-likeness (QED) is 0.739. The normalized spacial score (nSPS) is 10.4. The maximum Gasteiger partial charge on any atom is 0.142 e. The molecule has 2 heterocycles. The number of alkyl halides is 1. The SMILES string of the molecule is Fc1ccc(-c2nc(CCl)cs2)nc1. The molecule has 0 N–H and O–H groups in total. The summed E-state index contributed by atoms with van der Waals surface area (Å²) in [6.45, 7) is 0. The summed E-state index contributed by atoms with van der Waals surface area (Å²) in [6.07, 6.45) is 1.18. The number of pyridine rings is 1. The van der Waals surface area contributed by atoms with E-state index in [4.69, 9.17) is 11.6 Å². The number of halogens is 2. The van der Waals surface area contributed by atoms with E-state index in [1.807, 2.05) is 5.38 Å². The zero-order valence-corrected chi connectivity index (χ0v) is 8.65. The van der Waals surface area contributed by atoms with Gasteiger partial charge < -0.3 is 0 Å². The molecule has 14 heavy (non-hydrogen) atoms. The Morgan fingerprint density at radius 3 is 2.86 bits per heavy atom. The molecule has 0 atom stereocenters. The molecule has 0 aliphatic rings. The largest absolute Gasteiger partial charge is 0.251 e. The van der Waals surface area contributed by atoms with E-state index in [2.05, 4.69) is 9.97 Å². The molecule has 2 aromatic rings. The molecule has 0 bridgehead atoms. The lowest BCUT2D eigenvalue weighted by atomic mass is 10.3. The third-order valence-corrected chi connectivity index (χ3v) is 2.82. The van der Waals surface area contributed by atoms with Crippen LogP contribution in [0.2, 0.25) is 0 Å². The summed E-state index contributed by atoms with van der Waals surface area (Å²) in [4.78, 5) is 8.16. The number of aromatic nitrogens is 2. The summed E-state index contributed by atoms with van der Waals surface area (Å²) in [5.74, 6) is 0.0420. The minimum absolute atomic E-state index is 0.345. The Morgan fingerprint density at radius 2 is 2.29 bits per heavy atom. The van der Waals surface area contributed by atoms with Crippen LogP contribution in [0, 0.1) is 5.82 Å². The Balaban J connectivity index is 2.34. The molecule has 0 spiro atoms. The molecule has 0 aromatic carbocycles. The summed E-state index contributed by atoms with van der Waals surface area (Å²) >= 11 is 7.07. The molecule has 0 unspecified atom stereocenters. The van der Waals surface area contributed by atoms with Crippen LogP contribution in [0.15, 0.2) is 23.7 Å². The molecule has 0 saturated heterocycles. The van der Waals surface area contributed by atoms with Crippen molar-refractivity contribution in [1.29, 1.82) is 0 Å². The molecule has 2 nitrogen and oxygen atoms in total. The third-order valence-electron chi connectivity index (χ3n) is 1.64. The van der Waals surface area contributed by atoms with Gasteiger partial charge in [0.15, 0.2) is 0 Å². The molecular formula is C9H6ClFN2S. The highest BCUT2D eigenvalue weighted by atomic mass is 35.5. The first-order valence-electron chi connectivity index (χ1n) is 3.92.